The van der Waals surface area contributed by atoms with Crippen molar-refractivity contribution in [3.8, 4) is 0 Å². The normalized spacial score (nSPS) is 24.2. The average Bonchev–Trinajstić information content (AvgIpc) is 3.08. The van der Waals surface area contributed by atoms with E-state index in [1.54, 1.807) is 42.5 Å². The number of fused-ring (bicyclic) bond motifs is 1. The van der Waals surface area contributed by atoms with Crippen molar-refractivity contribution in [3.63, 3.8) is 0 Å². The summed E-state index contributed by atoms with van der Waals surface area (Å²) in [6, 6.07) is 14.3. The number of nitrogens with zero attached hydrogens (tertiary/aromatic N) is 1. The molecule has 2 aromatic rings. The van der Waals surface area contributed by atoms with Crippen molar-refractivity contribution in [1.82, 2.24) is 10.2 Å². The summed E-state index contributed by atoms with van der Waals surface area (Å²) in [4.78, 5) is 3.14. The Kier molecular flexibility index (Phi) is 7.29. The maximum Gasteiger partial charge on any atom is 0.187 e. The van der Waals surface area contributed by atoms with Crippen LogP contribution >= 0.6 is 10.6 Å². The molecule has 1 saturated heterocycles. The molecule has 0 bridgehead atoms. The Morgan fingerprint density at radius 2 is 1.88 bits per heavy atom. The first-order valence-corrected chi connectivity index (χ1v) is 14.7. The van der Waals surface area contributed by atoms with Gasteiger partial charge in [0.25, 0.3) is 0 Å². The molecule has 2 atom stereocenters. The van der Waals surface area contributed by atoms with Gasteiger partial charge in [-0.15, -0.1) is 0 Å². The molecule has 2 aliphatic heterocycles. The molecular weight excluding hydrogens is 444 g/mol. The highest BCUT2D eigenvalue weighted by Gasteiger charge is 2.44. The summed E-state index contributed by atoms with van der Waals surface area (Å²) in [6.45, 7) is 5.87. The number of hydrogen-bond acceptors (Lipinski definition) is 6. The lowest BCUT2D eigenvalue weighted by Crippen LogP contribution is -2.38. The Labute approximate surface area is 193 Å². The minimum absolute atomic E-state index is 0.177. The number of piperidine rings is 1. The fraction of sp³-hybridized carbons (Fsp3) is 0.500. The number of hydrogen-bond donors (Lipinski definition) is 3. The van der Waals surface area contributed by atoms with Crippen LogP contribution in [0.5, 0.6) is 0 Å². The molecule has 2 unspecified atom stereocenters. The van der Waals surface area contributed by atoms with Gasteiger partial charge < -0.3 is 10.2 Å². The largest absolute Gasteiger partial charge is 0.313 e. The third kappa shape index (κ3) is 4.90. The van der Waals surface area contributed by atoms with Crippen LogP contribution in [0.2, 0.25) is 0 Å². The van der Waals surface area contributed by atoms with Crippen molar-refractivity contribution in [3.05, 3.63) is 59.7 Å². The lowest BCUT2D eigenvalue weighted by Gasteiger charge is -2.33. The molecule has 0 spiro atoms. The summed E-state index contributed by atoms with van der Waals surface area (Å²) in [5.41, 5.74) is 1.39. The first-order valence-electron chi connectivity index (χ1n) is 11.4. The van der Waals surface area contributed by atoms with Crippen molar-refractivity contribution in [2.45, 2.75) is 60.2 Å². The molecule has 0 radical (unpaired) electrons. The van der Waals surface area contributed by atoms with E-state index in [1.165, 1.54) is 25.8 Å². The van der Waals surface area contributed by atoms with Crippen LogP contribution in [0.4, 0.5) is 0 Å². The Morgan fingerprint density at radius 3 is 2.62 bits per heavy atom. The highest BCUT2D eigenvalue weighted by Crippen LogP contribution is 2.62. The van der Waals surface area contributed by atoms with E-state index in [1.807, 2.05) is 6.07 Å². The van der Waals surface area contributed by atoms with Crippen molar-refractivity contribution in [2.24, 2.45) is 0 Å². The predicted octanol–water partition coefficient (Wildman–Crippen LogP) is 4.68. The van der Waals surface area contributed by atoms with Gasteiger partial charge in [0.15, 0.2) is 9.84 Å². The standard InChI is InChI=1S/C24H34N2O4S2/c1-19-9-5-6-15-26(19)16-8-14-25-17-20-10-7-13-22-24(20)23(18-31(22,27)28)32(29,30)21-11-3-2-4-12-21/h2-4,7,10-13,19,23,25,27-28H,5-6,8-9,14-18H2,1H3. The Morgan fingerprint density at radius 1 is 1.09 bits per heavy atom. The van der Waals surface area contributed by atoms with Gasteiger partial charge in [0, 0.05) is 12.6 Å². The minimum Gasteiger partial charge on any atom is -0.313 e. The van der Waals surface area contributed by atoms with E-state index in [4.69, 9.17) is 0 Å². The van der Waals surface area contributed by atoms with Gasteiger partial charge in [0.05, 0.1) is 15.5 Å². The van der Waals surface area contributed by atoms with E-state index in [9.17, 15) is 17.5 Å². The van der Waals surface area contributed by atoms with Crippen molar-refractivity contribution < 1.29 is 17.5 Å². The summed E-state index contributed by atoms with van der Waals surface area (Å²) < 4.78 is 48.1. The third-order valence-electron chi connectivity index (χ3n) is 6.72. The molecule has 2 heterocycles. The zero-order chi connectivity index (χ0) is 22.8. The molecule has 176 valence electrons. The Bertz CT molecular complexity index is 1030. The van der Waals surface area contributed by atoms with Crippen LogP contribution in [0.25, 0.3) is 0 Å². The van der Waals surface area contributed by atoms with E-state index in [-0.39, 0.29) is 10.6 Å². The van der Waals surface area contributed by atoms with Gasteiger partial charge in [-0.1, -0.05) is 36.8 Å². The quantitative estimate of drug-likeness (QED) is 0.478. The number of likely N-dealkylation sites (tertiary alicyclic amines) is 1. The van der Waals surface area contributed by atoms with Crippen molar-refractivity contribution in [1.29, 1.82) is 0 Å². The van der Waals surface area contributed by atoms with E-state index >= 15 is 0 Å². The number of benzene rings is 2. The second-order valence-corrected chi connectivity index (χ2v) is 13.2. The maximum absolute atomic E-state index is 13.4. The molecule has 0 amide bonds. The summed E-state index contributed by atoms with van der Waals surface area (Å²) in [6.07, 6.45) is 4.90. The van der Waals surface area contributed by atoms with Gasteiger partial charge in [0.1, 0.15) is 5.25 Å². The SMILES string of the molecule is CC1CCCCN1CCCNCc1cccc2c1C(S(=O)(=O)c1ccccc1)CS2(O)O. The van der Waals surface area contributed by atoms with Crippen molar-refractivity contribution >= 4 is 20.4 Å². The molecular formula is C24H34N2O4S2. The molecule has 32 heavy (non-hydrogen) atoms. The van der Waals surface area contributed by atoms with Crippen LogP contribution < -0.4 is 5.32 Å². The van der Waals surface area contributed by atoms with Crippen LogP contribution in [0, 0.1) is 0 Å². The summed E-state index contributed by atoms with van der Waals surface area (Å²) >= 11 is 0. The van der Waals surface area contributed by atoms with Crippen LogP contribution in [0.3, 0.4) is 0 Å². The first-order chi connectivity index (χ1) is 15.3. The van der Waals surface area contributed by atoms with E-state index in [2.05, 4.69) is 17.1 Å². The zero-order valence-electron chi connectivity index (χ0n) is 18.6. The van der Waals surface area contributed by atoms with Crippen LogP contribution in [-0.4, -0.2) is 53.9 Å². The highest BCUT2D eigenvalue weighted by atomic mass is 32.3. The van der Waals surface area contributed by atoms with E-state index in [0.717, 1.165) is 25.1 Å². The van der Waals surface area contributed by atoms with Gasteiger partial charge in [-0.25, -0.2) is 8.42 Å². The van der Waals surface area contributed by atoms with Crippen LogP contribution in [0.1, 0.15) is 49.0 Å². The molecule has 0 aliphatic carbocycles. The number of nitrogens with one attached hydrogen (secondary N) is 1. The molecule has 1 fully saturated rings. The molecule has 0 aromatic heterocycles. The smallest absolute Gasteiger partial charge is 0.187 e. The second-order valence-electron chi connectivity index (χ2n) is 8.92. The monoisotopic (exact) mass is 478 g/mol. The molecule has 2 aliphatic rings. The van der Waals surface area contributed by atoms with Crippen molar-refractivity contribution in [2.75, 3.05) is 25.4 Å². The van der Waals surface area contributed by atoms with E-state index in [0.29, 0.717) is 23.0 Å². The summed E-state index contributed by atoms with van der Waals surface area (Å²) in [7, 11) is -6.87. The van der Waals surface area contributed by atoms with Gasteiger partial charge in [-0.3, -0.25) is 9.11 Å². The predicted molar refractivity (Wildman–Crippen MR) is 130 cm³/mol. The molecule has 0 saturated carbocycles. The Balaban J connectivity index is 1.47. The molecule has 6 nitrogen and oxygen atoms in total. The minimum atomic E-state index is -3.74. The zero-order valence-corrected chi connectivity index (χ0v) is 20.2. The third-order valence-corrected chi connectivity index (χ3v) is 10.9. The average molecular weight is 479 g/mol. The summed E-state index contributed by atoms with van der Waals surface area (Å²) in [5, 5.41) is 2.50. The fourth-order valence-electron chi connectivity index (χ4n) is 4.92. The van der Waals surface area contributed by atoms with Gasteiger partial charge in [-0.05, 0) is 75.1 Å². The lowest BCUT2D eigenvalue weighted by atomic mass is 10.0. The highest BCUT2D eigenvalue weighted by molar-refractivity contribution is 8.25. The van der Waals surface area contributed by atoms with Gasteiger partial charge >= 0.3 is 0 Å². The maximum atomic E-state index is 13.4. The second kappa shape index (κ2) is 9.83. The van der Waals surface area contributed by atoms with Crippen LogP contribution in [-0.2, 0) is 16.4 Å². The molecule has 4 rings (SSSR count). The number of sulfone groups is 1. The summed E-state index contributed by atoms with van der Waals surface area (Å²) in [5.74, 6) is -0.177. The topological polar surface area (TPSA) is 89.9 Å². The Hall–Kier alpha value is -1.42. The van der Waals surface area contributed by atoms with Gasteiger partial charge in [0.2, 0.25) is 0 Å². The lowest BCUT2D eigenvalue weighted by molar-refractivity contribution is 0.159. The molecule has 8 heteroatoms. The first kappa shape index (κ1) is 23.7. The molecule has 2 aromatic carbocycles. The number of rotatable bonds is 8. The van der Waals surface area contributed by atoms with Crippen LogP contribution in [0.15, 0.2) is 58.3 Å². The fourth-order valence-corrected chi connectivity index (χ4v) is 9.42. The van der Waals surface area contributed by atoms with E-state index < -0.39 is 25.7 Å². The van der Waals surface area contributed by atoms with Gasteiger partial charge in [-0.2, -0.15) is 10.6 Å². The molecule has 3 N–H and O–H groups in total.